The monoisotopic (exact) mass is 339 g/mol. The Kier molecular flexibility index (Phi) is 4.15. The summed E-state index contributed by atoms with van der Waals surface area (Å²) in [4.78, 5) is 35.7. The van der Waals surface area contributed by atoms with Gasteiger partial charge in [0.2, 0.25) is 0 Å². The summed E-state index contributed by atoms with van der Waals surface area (Å²) in [5.74, 6) is -0.0305. The molecule has 5 nitrogen and oxygen atoms in total. The van der Waals surface area contributed by atoms with Crippen LogP contribution >= 0.6 is 11.3 Å². The number of fused-ring (bicyclic) bond motifs is 1. The number of rotatable bonds is 2. The molecule has 3 aromatic rings. The van der Waals surface area contributed by atoms with Crippen molar-refractivity contribution in [3.05, 3.63) is 55.7 Å². The molecule has 0 atom stereocenters. The van der Waals surface area contributed by atoms with Crippen molar-refractivity contribution in [1.82, 2.24) is 15.0 Å². The van der Waals surface area contributed by atoms with Crippen molar-refractivity contribution in [1.29, 1.82) is 0 Å². The Morgan fingerprint density at radius 2 is 1.92 bits per heavy atom. The third-order valence-corrected chi connectivity index (χ3v) is 4.39. The van der Waals surface area contributed by atoms with Gasteiger partial charge in [0.1, 0.15) is 0 Å². The Morgan fingerprint density at radius 3 is 2.62 bits per heavy atom. The maximum atomic E-state index is 12.1. The second-order valence-corrected chi connectivity index (χ2v) is 7.55. The smallest absolute Gasteiger partial charge is 0.266 e. The molecule has 3 rings (SSSR count). The van der Waals surface area contributed by atoms with Gasteiger partial charge in [-0.2, -0.15) is 0 Å². The van der Waals surface area contributed by atoms with E-state index < -0.39 is 5.41 Å². The summed E-state index contributed by atoms with van der Waals surface area (Å²) in [6, 6.07) is 7.55. The van der Waals surface area contributed by atoms with Crippen LogP contribution < -0.4 is 14.8 Å². The van der Waals surface area contributed by atoms with E-state index in [1.807, 2.05) is 45.0 Å². The number of nitrogens with one attached hydrogen (secondary N) is 1. The highest BCUT2D eigenvalue weighted by atomic mass is 32.1. The third kappa shape index (κ3) is 3.49. The van der Waals surface area contributed by atoms with Crippen molar-refractivity contribution in [2.75, 3.05) is 0 Å². The molecule has 2 aromatic heterocycles. The number of ketones is 1. The predicted octanol–water partition coefficient (Wildman–Crippen LogP) is 1.60. The average molecular weight is 339 g/mol. The molecule has 0 aliphatic carbocycles. The summed E-state index contributed by atoms with van der Waals surface area (Å²) in [7, 11) is 0. The number of benzene rings is 1. The number of hydrogen-bond donors (Lipinski definition) is 1. The first-order chi connectivity index (χ1) is 11.3. The van der Waals surface area contributed by atoms with Gasteiger partial charge in [-0.25, -0.2) is 4.98 Å². The molecule has 0 unspecified atom stereocenters. The van der Waals surface area contributed by atoms with Crippen molar-refractivity contribution in [2.45, 2.75) is 20.8 Å². The Hall–Kier alpha value is -2.60. The van der Waals surface area contributed by atoms with Crippen LogP contribution in [0.3, 0.4) is 0 Å². The topological polar surface area (TPSA) is 75.7 Å². The summed E-state index contributed by atoms with van der Waals surface area (Å²) < 4.78 is 1.03. The van der Waals surface area contributed by atoms with Gasteiger partial charge < -0.3 is 4.98 Å². The molecule has 0 aliphatic heterocycles. The molecule has 2 heterocycles. The number of thiazole rings is 1. The molecular formula is C18H17N3O2S. The van der Waals surface area contributed by atoms with E-state index in [2.05, 4.69) is 15.0 Å². The lowest BCUT2D eigenvalue weighted by molar-refractivity contribution is -0.119. The number of nitrogens with zero attached hydrogens (tertiary/aromatic N) is 2. The number of para-hydroxylation sites is 2. The van der Waals surface area contributed by atoms with E-state index in [1.165, 1.54) is 17.4 Å². The van der Waals surface area contributed by atoms with Crippen LogP contribution in [0.2, 0.25) is 0 Å². The van der Waals surface area contributed by atoms with Crippen molar-refractivity contribution in [2.24, 2.45) is 5.41 Å². The number of carbonyl (C=O) groups is 1. The highest BCUT2D eigenvalue weighted by Gasteiger charge is 2.18. The first-order valence-electron chi connectivity index (χ1n) is 7.52. The summed E-state index contributed by atoms with van der Waals surface area (Å²) in [6.07, 6.45) is 4.79. The molecule has 0 aliphatic rings. The molecule has 24 heavy (non-hydrogen) atoms. The maximum Gasteiger partial charge on any atom is 0.266 e. The van der Waals surface area contributed by atoms with Crippen LogP contribution in [0.1, 0.15) is 26.5 Å². The molecule has 6 heteroatoms. The summed E-state index contributed by atoms with van der Waals surface area (Å²) >= 11 is 1.24. The Labute approximate surface area is 142 Å². The molecule has 0 spiro atoms. The van der Waals surface area contributed by atoms with Gasteiger partial charge in [0.25, 0.3) is 5.56 Å². The van der Waals surface area contributed by atoms with Gasteiger partial charge in [-0.1, -0.05) is 32.9 Å². The summed E-state index contributed by atoms with van der Waals surface area (Å²) in [5.41, 5.74) is 1.47. The first kappa shape index (κ1) is 16.3. The van der Waals surface area contributed by atoms with Gasteiger partial charge in [-0.15, -0.1) is 11.3 Å². The lowest BCUT2D eigenvalue weighted by Crippen LogP contribution is -2.22. The van der Waals surface area contributed by atoms with Crippen LogP contribution in [0.15, 0.2) is 35.3 Å². The fourth-order valence-corrected chi connectivity index (χ4v) is 2.91. The van der Waals surface area contributed by atoms with E-state index in [4.69, 9.17) is 0 Å². The predicted molar refractivity (Wildman–Crippen MR) is 96.2 cm³/mol. The van der Waals surface area contributed by atoms with Crippen LogP contribution in [-0.2, 0) is 4.79 Å². The number of Topliss-reactive ketones (excluding diaryl/α,β-unsaturated/α-hetero) is 1. The van der Waals surface area contributed by atoms with Crippen LogP contribution in [0.4, 0.5) is 0 Å². The van der Waals surface area contributed by atoms with Gasteiger partial charge in [0.05, 0.1) is 32.1 Å². The van der Waals surface area contributed by atoms with Gasteiger partial charge in [-0.05, 0) is 18.2 Å². The van der Waals surface area contributed by atoms with Gasteiger partial charge in [0, 0.05) is 11.5 Å². The molecule has 1 aromatic carbocycles. The van der Waals surface area contributed by atoms with Crippen LogP contribution in [-0.4, -0.2) is 20.7 Å². The lowest BCUT2D eigenvalue weighted by atomic mass is 9.91. The van der Waals surface area contributed by atoms with Crippen LogP contribution in [0, 0.1) is 5.41 Å². The molecule has 0 amide bonds. The Bertz CT molecular complexity index is 1090. The third-order valence-electron chi connectivity index (χ3n) is 3.43. The SMILES string of the molecule is CC(C)(C)C(=O)/C=c1\[nH]c(=O)/c(=C\c2cnc3ccccc3n2)s1. The zero-order valence-corrected chi connectivity index (χ0v) is 14.5. The number of H-pyrrole nitrogens is 1. The van der Waals surface area contributed by atoms with E-state index in [-0.39, 0.29) is 11.3 Å². The molecule has 122 valence electrons. The number of carbonyl (C=O) groups excluding carboxylic acids is 1. The van der Waals surface area contributed by atoms with Gasteiger partial charge >= 0.3 is 0 Å². The second-order valence-electron chi connectivity index (χ2n) is 6.47. The molecular weight excluding hydrogens is 322 g/mol. The van der Waals surface area contributed by atoms with Gasteiger partial charge in [-0.3, -0.25) is 14.6 Å². The minimum absolute atomic E-state index is 0.0305. The number of aromatic amines is 1. The quantitative estimate of drug-likeness (QED) is 0.769. The van der Waals surface area contributed by atoms with Gasteiger partial charge in [0.15, 0.2) is 5.78 Å². The van der Waals surface area contributed by atoms with E-state index in [9.17, 15) is 9.59 Å². The Balaban J connectivity index is 2.06. The normalized spacial score (nSPS) is 13.6. The van der Waals surface area contributed by atoms with E-state index >= 15 is 0 Å². The molecule has 0 radical (unpaired) electrons. The number of hydrogen-bond acceptors (Lipinski definition) is 5. The molecule has 0 bridgehead atoms. The molecule has 0 fully saturated rings. The number of aromatic nitrogens is 3. The molecule has 0 saturated heterocycles. The highest BCUT2D eigenvalue weighted by Crippen LogP contribution is 2.14. The highest BCUT2D eigenvalue weighted by molar-refractivity contribution is 7.07. The van der Waals surface area contributed by atoms with E-state index in [0.717, 1.165) is 11.0 Å². The zero-order valence-electron chi connectivity index (χ0n) is 13.7. The first-order valence-corrected chi connectivity index (χ1v) is 8.33. The van der Waals surface area contributed by atoms with Crippen molar-refractivity contribution in [3.8, 4) is 0 Å². The summed E-state index contributed by atoms with van der Waals surface area (Å²) in [5, 5.41) is 0. The standard InChI is InChI=1S/C18H17N3O2S/c1-18(2,3)15(22)9-16-21-17(23)14(24-16)8-11-10-19-12-6-4-5-7-13(12)20-11/h4-10H,1-3H3,(H,21,23)/b14-8+,16-9+. The maximum absolute atomic E-state index is 12.1. The minimum Gasteiger partial charge on any atom is -0.313 e. The van der Waals surface area contributed by atoms with Crippen molar-refractivity contribution >= 4 is 40.3 Å². The van der Waals surface area contributed by atoms with Crippen molar-refractivity contribution in [3.63, 3.8) is 0 Å². The Morgan fingerprint density at radius 1 is 1.21 bits per heavy atom. The minimum atomic E-state index is -0.478. The molecule has 0 saturated carbocycles. The zero-order chi connectivity index (χ0) is 17.3. The second kappa shape index (κ2) is 6.13. The lowest BCUT2D eigenvalue weighted by Gasteiger charge is -2.12. The fraction of sp³-hybridized carbons (Fsp3) is 0.222. The van der Waals surface area contributed by atoms with E-state index in [1.54, 1.807) is 12.3 Å². The largest absolute Gasteiger partial charge is 0.313 e. The fourth-order valence-electron chi connectivity index (χ4n) is 2.04. The van der Waals surface area contributed by atoms with E-state index in [0.29, 0.717) is 14.9 Å². The van der Waals surface area contributed by atoms with Crippen molar-refractivity contribution < 1.29 is 4.79 Å². The average Bonchev–Trinajstić information content (AvgIpc) is 2.86. The van der Waals surface area contributed by atoms with Crippen LogP contribution in [0.25, 0.3) is 23.2 Å². The summed E-state index contributed by atoms with van der Waals surface area (Å²) in [6.45, 7) is 5.53. The van der Waals surface area contributed by atoms with Crippen LogP contribution in [0.5, 0.6) is 0 Å². The molecule has 1 N–H and O–H groups in total.